The van der Waals surface area contributed by atoms with Crippen LogP contribution in [0.4, 0.5) is 30.2 Å². The lowest BCUT2D eigenvalue weighted by molar-refractivity contribution is -0.137. The van der Waals surface area contributed by atoms with Crippen LogP contribution in [0.1, 0.15) is 18.1 Å². The van der Waals surface area contributed by atoms with Crippen LogP contribution in [0.3, 0.4) is 0 Å². The molecule has 0 spiro atoms. The van der Waals surface area contributed by atoms with Crippen molar-refractivity contribution in [1.29, 1.82) is 0 Å². The van der Waals surface area contributed by atoms with E-state index >= 15 is 0 Å². The molecule has 0 aromatic heterocycles. The van der Waals surface area contributed by atoms with Gasteiger partial charge in [-0.2, -0.15) is 13.2 Å². The highest BCUT2D eigenvalue weighted by atomic mass is 19.4. The van der Waals surface area contributed by atoms with Gasteiger partial charge in [-0.3, -0.25) is 4.79 Å². The average Bonchev–Trinajstić information content (AvgIpc) is 3.07. The Morgan fingerprint density at radius 1 is 1.13 bits per heavy atom. The quantitative estimate of drug-likeness (QED) is 0.816. The van der Waals surface area contributed by atoms with Gasteiger partial charge < -0.3 is 19.9 Å². The molecule has 30 heavy (non-hydrogen) atoms. The first kappa shape index (κ1) is 20.5. The number of ether oxygens (including phenoxy) is 1. The third kappa shape index (κ3) is 4.09. The number of fused-ring (bicyclic) bond motifs is 1. The maximum Gasteiger partial charge on any atom is 0.416 e. The fraction of sp³-hybridized carbons (Fsp3) is 0.409. The molecule has 4 rings (SSSR count). The molecule has 2 aliphatic rings. The number of carbonyl (C=O) groups excluding carboxylic acids is 1. The smallest absolute Gasteiger partial charge is 0.378 e. The van der Waals surface area contributed by atoms with Gasteiger partial charge in [0.25, 0.3) is 0 Å². The van der Waals surface area contributed by atoms with Gasteiger partial charge >= 0.3 is 6.18 Å². The van der Waals surface area contributed by atoms with E-state index < -0.39 is 11.7 Å². The molecule has 0 radical (unpaired) electrons. The van der Waals surface area contributed by atoms with E-state index in [0.717, 1.165) is 29.8 Å². The lowest BCUT2D eigenvalue weighted by Crippen LogP contribution is -2.40. The number of para-hydroxylation sites is 1. The van der Waals surface area contributed by atoms with Crippen LogP contribution in [0.15, 0.2) is 42.5 Å². The third-order valence-electron chi connectivity index (χ3n) is 5.58. The lowest BCUT2D eigenvalue weighted by atomic mass is 10.1. The summed E-state index contributed by atoms with van der Waals surface area (Å²) in [5.74, 6) is -0.169. The summed E-state index contributed by atoms with van der Waals surface area (Å²) < 4.78 is 45.1. The summed E-state index contributed by atoms with van der Waals surface area (Å²) in [4.78, 5) is 16.7. The van der Waals surface area contributed by atoms with E-state index in [4.69, 9.17) is 4.74 Å². The molecule has 2 heterocycles. The van der Waals surface area contributed by atoms with Gasteiger partial charge in [0.05, 0.1) is 36.7 Å². The van der Waals surface area contributed by atoms with Gasteiger partial charge in [0.1, 0.15) is 0 Å². The van der Waals surface area contributed by atoms with E-state index in [-0.39, 0.29) is 18.5 Å². The van der Waals surface area contributed by atoms with E-state index in [1.54, 1.807) is 4.90 Å². The third-order valence-corrected chi connectivity index (χ3v) is 5.58. The molecular weight excluding hydrogens is 395 g/mol. The number of alkyl halides is 3. The van der Waals surface area contributed by atoms with Gasteiger partial charge in [0.15, 0.2) is 0 Å². The summed E-state index contributed by atoms with van der Waals surface area (Å²) in [7, 11) is 0. The maximum atomic E-state index is 13.3. The number of nitrogens with one attached hydrogen (secondary N) is 1. The number of hydrogen-bond acceptors (Lipinski definition) is 4. The van der Waals surface area contributed by atoms with E-state index in [1.165, 1.54) is 6.07 Å². The number of nitrogens with zero attached hydrogens (tertiary/aromatic N) is 2. The second kappa shape index (κ2) is 8.18. The standard InChI is InChI=1S/C22H24F3N3O2/c1-15-12-16-4-2-3-5-19(16)28(15)21(29)14-26-18-13-17(22(23,24)25)6-7-20(18)27-8-10-30-11-9-27/h2-7,13,15,26H,8-12,14H2,1H3/t15-/m0/s1. The second-order valence-electron chi connectivity index (χ2n) is 7.63. The Morgan fingerprint density at radius 3 is 2.60 bits per heavy atom. The molecule has 5 nitrogen and oxygen atoms in total. The molecule has 0 saturated carbocycles. The second-order valence-corrected chi connectivity index (χ2v) is 7.63. The van der Waals surface area contributed by atoms with Gasteiger partial charge in [-0.05, 0) is 43.2 Å². The summed E-state index contributed by atoms with van der Waals surface area (Å²) in [6, 6.07) is 11.4. The minimum Gasteiger partial charge on any atom is -0.378 e. The maximum absolute atomic E-state index is 13.3. The van der Waals surface area contributed by atoms with Crippen LogP contribution < -0.4 is 15.1 Å². The predicted molar refractivity (Wildman–Crippen MR) is 110 cm³/mol. The van der Waals surface area contributed by atoms with Crippen LogP contribution >= 0.6 is 0 Å². The molecule has 2 aliphatic heterocycles. The molecule has 8 heteroatoms. The van der Waals surface area contributed by atoms with Gasteiger partial charge in [-0.25, -0.2) is 0 Å². The molecule has 1 saturated heterocycles. The van der Waals surface area contributed by atoms with Gasteiger partial charge in [-0.15, -0.1) is 0 Å². The van der Waals surface area contributed by atoms with E-state index in [9.17, 15) is 18.0 Å². The van der Waals surface area contributed by atoms with Crippen molar-refractivity contribution in [3.05, 3.63) is 53.6 Å². The monoisotopic (exact) mass is 419 g/mol. The summed E-state index contributed by atoms with van der Waals surface area (Å²) in [6.45, 7) is 4.09. The topological polar surface area (TPSA) is 44.8 Å². The van der Waals surface area contributed by atoms with E-state index in [0.29, 0.717) is 37.7 Å². The first-order valence-corrected chi connectivity index (χ1v) is 10.0. The van der Waals surface area contributed by atoms with Crippen molar-refractivity contribution < 1.29 is 22.7 Å². The van der Waals surface area contributed by atoms with Crippen molar-refractivity contribution in [2.75, 3.05) is 48.0 Å². The SMILES string of the molecule is C[C@H]1Cc2ccccc2N1C(=O)CNc1cc(C(F)(F)F)ccc1N1CCOCC1. The highest BCUT2D eigenvalue weighted by Gasteiger charge is 2.33. The largest absolute Gasteiger partial charge is 0.416 e. The zero-order valence-corrected chi connectivity index (χ0v) is 16.7. The summed E-state index contributed by atoms with van der Waals surface area (Å²) >= 11 is 0. The Morgan fingerprint density at radius 2 is 1.87 bits per heavy atom. The number of benzene rings is 2. The summed E-state index contributed by atoms with van der Waals surface area (Å²) in [5, 5.41) is 2.98. The van der Waals surface area contributed by atoms with Crippen LogP contribution in [-0.2, 0) is 22.1 Å². The Bertz CT molecular complexity index is 926. The minimum absolute atomic E-state index is 0.0110. The molecule has 160 valence electrons. The molecule has 2 aromatic rings. The number of halogens is 3. The molecular formula is C22H24F3N3O2. The Balaban J connectivity index is 1.56. The number of rotatable bonds is 4. The molecule has 2 aromatic carbocycles. The lowest BCUT2D eigenvalue weighted by Gasteiger charge is -2.31. The van der Waals surface area contributed by atoms with Crippen molar-refractivity contribution in [1.82, 2.24) is 0 Å². The zero-order valence-electron chi connectivity index (χ0n) is 16.7. The Labute approximate surface area is 173 Å². The number of morpholine rings is 1. The van der Waals surface area contributed by atoms with Gasteiger partial charge in [-0.1, -0.05) is 18.2 Å². The normalized spacial score (nSPS) is 19.0. The minimum atomic E-state index is -4.45. The highest BCUT2D eigenvalue weighted by molar-refractivity contribution is 5.99. The van der Waals surface area contributed by atoms with E-state index in [1.807, 2.05) is 36.1 Å². The molecule has 0 bridgehead atoms. The fourth-order valence-electron chi connectivity index (χ4n) is 4.14. The van der Waals surface area contributed by atoms with Crippen molar-refractivity contribution in [3.8, 4) is 0 Å². The average molecular weight is 419 g/mol. The molecule has 0 aliphatic carbocycles. The van der Waals surface area contributed by atoms with Crippen LogP contribution in [0.5, 0.6) is 0 Å². The van der Waals surface area contributed by atoms with Crippen LogP contribution in [0.2, 0.25) is 0 Å². The number of anilines is 3. The van der Waals surface area contributed by atoms with Crippen molar-refractivity contribution in [2.45, 2.75) is 25.6 Å². The number of carbonyl (C=O) groups is 1. The van der Waals surface area contributed by atoms with Crippen molar-refractivity contribution in [3.63, 3.8) is 0 Å². The number of hydrogen-bond donors (Lipinski definition) is 1. The van der Waals surface area contributed by atoms with Crippen molar-refractivity contribution >= 4 is 23.0 Å². The predicted octanol–water partition coefficient (Wildman–Crippen LogP) is 3.93. The fourth-order valence-corrected chi connectivity index (χ4v) is 4.14. The number of amides is 1. The van der Waals surface area contributed by atoms with Gasteiger partial charge in [0.2, 0.25) is 5.91 Å². The zero-order chi connectivity index (χ0) is 21.3. The first-order valence-electron chi connectivity index (χ1n) is 10.0. The molecule has 1 amide bonds. The van der Waals surface area contributed by atoms with Gasteiger partial charge in [0, 0.05) is 24.8 Å². The highest BCUT2D eigenvalue weighted by Crippen LogP contribution is 2.36. The van der Waals surface area contributed by atoms with Crippen LogP contribution in [0, 0.1) is 0 Å². The van der Waals surface area contributed by atoms with Crippen LogP contribution in [-0.4, -0.2) is 44.8 Å². The summed E-state index contributed by atoms with van der Waals surface area (Å²) in [5.41, 5.74) is 2.18. The summed E-state index contributed by atoms with van der Waals surface area (Å²) in [6.07, 6.45) is -3.68. The van der Waals surface area contributed by atoms with E-state index in [2.05, 4.69) is 5.32 Å². The first-order chi connectivity index (χ1) is 14.3. The Hall–Kier alpha value is -2.74. The molecule has 1 atom stereocenters. The molecule has 1 fully saturated rings. The molecule has 1 N–H and O–H groups in total. The Kier molecular flexibility index (Phi) is 5.60. The molecule has 0 unspecified atom stereocenters. The van der Waals surface area contributed by atoms with Crippen molar-refractivity contribution in [2.24, 2.45) is 0 Å². The van der Waals surface area contributed by atoms with Crippen LogP contribution in [0.25, 0.3) is 0 Å².